The van der Waals surface area contributed by atoms with Crippen LogP contribution in [0.1, 0.15) is 11.1 Å². The number of nitro benzene ring substituents is 1. The van der Waals surface area contributed by atoms with Crippen LogP contribution in [-0.2, 0) is 22.5 Å². The second-order valence-corrected chi connectivity index (χ2v) is 5.03. The number of benzene rings is 2. The van der Waals surface area contributed by atoms with Crippen LogP contribution >= 0.6 is 0 Å². The first-order valence-electron chi connectivity index (χ1n) is 7.19. The molecule has 2 aromatic carbocycles. The van der Waals surface area contributed by atoms with Crippen LogP contribution in [0, 0.1) is 10.1 Å². The van der Waals surface area contributed by atoms with E-state index in [0.29, 0.717) is 12.0 Å². The summed E-state index contributed by atoms with van der Waals surface area (Å²) < 4.78 is 4.82. The lowest BCUT2D eigenvalue weighted by molar-refractivity contribution is -0.385. The molecule has 0 radical (unpaired) electrons. The van der Waals surface area contributed by atoms with Gasteiger partial charge in [0, 0.05) is 18.2 Å². The summed E-state index contributed by atoms with van der Waals surface area (Å²) in [6.45, 7) is 0.212. The molecule has 1 unspecified atom stereocenters. The van der Waals surface area contributed by atoms with Gasteiger partial charge in [-0.1, -0.05) is 48.5 Å². The average molecular weight is 314 g/mol. The van der Waals surface area contributed by atoms with E-state index in [1.165, 1.54) is 13.2 Å². The predicted octanol–water partition coefficient (Wildman–Crippen LogP) is 2.47. The molecule has 1 N–H and O–H groups in total. The maximum Gasteiger partial charge on any atom is 0.323 e. The molecule has 2 rings (SSSR count). The highest BCUT2D eigenvalue weighted by atomic mass is 16.6. The first-order chi connectivity index (χ1) is 11.1. The normalized spacial score (nSPS) is 11.7. The molecule has 1 atom stereocenters. The molecule has 0 aromatic heterocycles. The number of hydrogen-bond acceptors (Lipinski definition) is 5. The Morgan fingerprint density at radius 1 is 1.17 bits per heavy atom. The number of para-hydroxylation sites is 1. The van der Waals surface area contributed by atoms with Crippen molar-refractivity contribution in [3.05, 3.63) is 75.8 Å². The zero-order valence-electron chi connectivity index (χ0n) is 12.8. The smallest absolute Gasteiger partial charge is 0.323 e. The number of nitrogens with one attached hydrogen (secondary N) is 1. The minimum Gasteiger partial charge on any atom is -0.468 e. The minimum absolute atomic E-state index is 0.0309. The zero-order valence-corrected chi connectivity index (χ0v) is 12.8. The van der Waals surface area contributed by atoms with Crippen molar-refractivity contribution in [3.63, 3.8) is 0 Å². The van der Waals surface area contributed by atoms with Crippen molar-refractivity contribution < 1.29 is 14.5 Å². The summed E-state index contributed by atoms with van der Waals surface area (Å²) in [4.78, 5) is 22.5. The van der Waals surface area contributed by atoms with Gasteiger partial charge in [0.2, 0.25) is 0 Å². The maximum absolute atomic E-state index is 11.9. The number of nitro groups is 1. The van der Waals surface area contributed by atoms with Gasteiger partial charge in [0.1, 0.15) is 6.04 Å². The zero-order chi connectivity index (χ0) is 16.7. The molecular formula is C17H18N2O4. The lowest BCUT2D eigenvalue weighted by Crippen LogP contribution is -2.39. The van der Waals surface area contributed by atoms with Crippen LogP contribution in [0.25, 0.3) is 0 Å². The second kappa shape index (κ2) is 8.05. The maximum atomic E-state index is 11.9. The summed E-state index contributed by atoms with van der Waals surface area (Å²) >= 11 is 0. The van der Waals surface area contributed by atoms with Crippen molar-refractivity contribution in [1.82, 2.24) is 5.32 Å². The van der Waals surface area contributed by atoms with Crippen molar-refractivity contribution in [1.29, 1.82) is 0 Å². The Balaban J connectivity index is 2.10. The van der Waals surface area contributed by atoms with E-state index in [1.807, 2.05) is 30.3 Å². The first kappa shape index (κ1) is 16.6. The van der Waals surface area contributed by atoms with E-state index in [4.69, 9.17) is 4.74 Å². The number of esters is 1. The van der Waals surface area contributed by atoms with E-state index in [0.717, 1.165) is 5.56 Å². The second-order valence-electron chi connectivity index (χ2n) is 5.03. The fourth-order valence-corrected chi connectivity index (χ4v) is 2.30. The van der Waals surface area contributed by atoms with Crippen molar-refractivity contribution >= 4 is 11.7 Å². The van der Waals surface area contributed by atoms with Gasteiger partial charge < -0.3 is 4.74 Å². The molecule has 0 spiro atoms. The quantitative estimate of drug-likeness (QED) is 0.482. The van der Waals surface area contributed by atoms with Crippen LogP contribution in [-0.4, -0.2) is 24.0 Å². The fraction of sp³-hybridized carbons (Fsp3) is 0.235. The van der Waals surface area contributed by atoms with Gasteiger partial charge in [0.15, 0.2) is 0 Å². The molecular weight excluding hydrogens is 296 g/mol. The van der Waals surface area contributed by atoms with Crippen LogP contribution < -0.4 is 5.32 Å². The molecule has 2 aromatic rings. The van der Waals surface area contributed by atoms with Crippen LogP contribution in [0.4, 0.5) is 5.69 Å². The van der Waals surface area contributed by atoms with Gasteiger partial charge in [-0.15, -0.1) is 0 Å². The largest absolute Gasteiger partial charge is 0.468 e. The Hall–Kier alpha value is -2.73. The summed E-state index contributed by atoms with van der Waals surface area (Å²) in [6.07, 6.45) is 0.453. The third-order valence-electron chi connectivity index (χ3n) is 3.50. The summed E-state index contributed by atoms with van der Waals surface area (Å²) in [7, 11) is 1.33. The average Bonchev–Trinajstić information content (AvgIpc) is 2.59. The van der Waals surface area contributed by atoms with E-state index in [2.05, 4.69) is 5.32 Å². The topological polar surface area (TPSA) is 81.5 Å². The number of nitrogens with zero attached hydrogens (tertiary/aromatic N) is 1. The van der Waals surface area contributed by atoms with E-state index in [9.17, 15) is 14.9 Å². The van der Waals surface area contributed by atoms with Crippen molar-refractivity contribution in [2.24, 2.45) is 0 Å². The molecule has 0 heterocycles. The van der Waals surface area contributed by atoms with Gasteiger partial charge in [0.25, 0.3) is 5.69 Å². The third-order valence-corrected chi connectivity index (χ3v) is 3.50. The number of methoxy groups -OCH3 is 1. The molecule has 6 heteroatoms. The van der Waals surface area contributed by atoms with E-state index in [-0.39, 0.29) is 12.2 Å². The monoisotopic (exact) mass is 314 g/mol. The van der Waals surface area contributed by atoms with Crippen molar-refractivity contribution in [3.8, 4) is 0 Å². The number of carbonyl (C=O) groups is 1. The summed E-state index contributed by atoms with van der Waals surface area (Å²) in [5.41, 5.74) is 1.54. The predicted molar refractivity (Wildman–Crippen MR) is 85.9 cm³/mol. The summed E-state index contributed by atoms with van der Waals surface area (Å²) in [6, 6.07) is 15.4. The van der Waals surface area contributed by atoms with Crippen LogP contribution in [0.5, 0.6) is 0 Å². The number of rotatable bonds is 7. The molecule has 0 aliphatic carbocycles. The number of ether oxygens (including phenoxy) is 1. The highest BCUT2D eigenvalue weighted by Crippen LogP contribution is 2.17. The van der Waals surface area contributed by atoms with Crippen LogP contribution in [0.3, 0.4) is 0 Å². The van der Waals surface area contributed by atoms with Gasteiger partial charge >= 0.3 is 5.97 Å². The number of carbonyl (C=O) groups excluding carboxylic acids is 1. The molecule has 120 valence electrons. The number of hydrogen-bond donors (Lipinski definition) is 1. The molecule has 0 amide bonds. The minimum atomic E-state index is -0.567. The lowest BCUT2D eigenvalue weighted by atomic mass is 10.1. The van der Waals surface area contributed by atoms with Gasteiger partial charge in [-0.05, 0) is 12.0 Å². The van der Waals surface area contributed by atoms with Gasteiger partial charge in [0.05, 0.1) is 12.0 Å². The fourth-order valence-electron chi connectivity index (χ4n) is 2.30. The van der Waals surface area contributed by atoms with Crippen molar-refractivity contribution in [2.45, 2.75) is 19.0 Å². The van der Waals surface area contributed by atoms with E-state index >= 15 is 0 Å². The van der Waals surface area contributed by atoms with Gasteiger partial charge in [-0.25, -0.2) is 0 Å². The first-order valence-corrected chi connectivity index (χ1v) is 7.19. The van der Waals surface area contributed by atoms with Gasteiger partial charge in [-0.3, -0.25) is 20.2 Å². The van der Waals surface area contributed by atoms with Crippen molar-refractivity contribution in [2.75, 3.05) is 7.11 Å². The summed E-state index contributed by atoms with van der Waals surface area (Å²) in [5, 5.41) is 14.1. The molecule has 0 saturated carbocycles. The molecule has 0 saturated heterocycles. The standard InChI is InChI=1S/C17H18N2O4/c1-23-17(20)15(11-13-7-3-2-4-8-13)18-12-14-9-5-6-10-16(14)19(21)22/h2-10,15,18H,11-12H2,1H3. The molecule has 0 aliphatic heterocycles. The highest BCUT2D eigenvalue weighted by molar-refractivity contribution is 5.76. The van der Waals surface area contributed by atoms with Crippen LogP contribution in [0.15, 0.2) is 54.6 Å². The highest BCUT2D eigenvalue weighted by Gasteiger charge is 2.21. The molecule has 0 fully saturated rings. The molecule has 0 bridgehead atoms. The SMILES string of the molecule is COC(=O)C(Cc1ccccc1)NCc1ccccc1[N+](=O)[O-]. The Kier molecular flexibility index (Phi) is 5.82. The molecule has 0 aliphatic rings. The Morgan fingerprint density at radius 2 is 1.83 bits per heavy atom. The van der Waals surface area contributed by atoms with Gasteiger partial charge in [-0.2, -0.15) is 0 Å². The Bertz CT molecular complexity index is 673. The Labute approximate surface area is 134 Å². The van der Waals surface area contributed by atoms with E-state index in [1.54, 1.807) is 18.2 Å². The van der Waals surface area contributed by atoms with Crippen LogP contribution in [0.2, 0.25) is 0 Å². The summed E-state index contributed by atoms with van der Waals surface area (Å²) in [5.74, 6) is -0.396. The third kappa shape index (κ3) is 4.62. The lowest BCUT2D eigenvalue weighted by Gasteiger charge is -2.16. The Morgan fingerprint density at radius 3 is 2.48 bits per heavy atom. The molecule has 23 heavy (non-hydrogen) atoms. The van der Waals surface area contributed by atoms with E-state index < -0.39 is 16.9 Å². The molecule has 6 nitrogen and oxygen atoms in total.